The van der Waals surface area contributed by atoms with Gasteiger partial charge in [0.2, 0.25) is 0 Å². The molecule has 0 amide bonds. The third-order valence-corrected chi connectivity index (χ3v) is 9.02. The Kier molecular flexibility index (Phi) is 4.86. The molecule has 0 spiro atoms. The molecule has 0 aromatic carbocycles. The van der Waals surface area contributed by atoms with Crippen LogP contribution in [0.15, 0.2) is 0 Å². The molecule has 0 radical (unpaired) electrons. The highest BCUT2D eigenvalue weighted by Crippen LogP contribution is 2.35. The number of hydrogen-bond acceptors (Lipinski definition) is 1. The van der Waals surface area contributed by atoms with Gasteiger partial charge in [-0.15, -0.1) is 5.54 Å². The van der Waals surface area contributed by atoms with Crippen molar-refractivity contribution in [2.24, 2.45) is 5.92 Å². The van der Waals surface area contributed by atoms with Crippen LogP contribution in [0.5, 0.6) is 0 Å². The summed E-state index contributed by atoms with van der Waals surface area (Å²) in [6, 6.07) is 0. The maximum atomic E-state index is 10.2. The molecule has 1 nitrogen and oxygen atoms in total. The van der Waals surface area contributed by atoms with Crippen molar-refractivity contribution in [1.82, 2.24) is 0 Å². The smallest absolute Gasteiger partial charge is 0.137 e. The Morgan fingerprint density at radius 3 is 2.12 bits per heavy atom. The highest BCUT2D eigenvalue weighted by Gasteiger charge is 2.34. The van der Waals surface area contributed by atoms with E-state index in [9.17, 15) is 5.11 Å². The molecule has 1 unspecified atom stereocenters. The second kappa shape index (κ2) is 5.59. The zero-order valence-electron chi connectivity index (χ0n) is 12.1. The van der Waals surface area contributed by atoms with Crippen LogP contribution in [0.2, 0.25) is 18.1 Å². The molecule has 17 heavy (non-hydrogen) atoms. The van der Waals surface area contributed by atoms with Crippen molar-refractivity contribution in [3.05, 3.63) is 0 Å². The first-order valence-corrected chi connectivity index (χ1v) is 9.95. The lowest BCUT2D eigenvalue weighted by Gasteiger charge is -2.32. The fourth-order valence-corrected chi connectivity index (χ4v) is 2.89. The van der Waals surface area contributed by atoms with Crippen LogP contribution >= 0.6 is 0 Å². The van der Waals surface area contributed by atoms with Crippen molar-refractivity contribution >= 4 is 8.07 Å². The van der Waals surface area contributed by atoms with Crippen LogP contribution in [0, 0.1) is 17.4 Å². The largest absolute Gasteiger partial charge is 0.380 e. The summed E-state index contributed by atoms with van der Waals surface area (Å²) in [4.78, 5) is 0. The maximum absolute atomic E-state index is 10.2. The van der Waals surface area contributed by atoms with Gasteiger partial charge in [0.25, 0.3) is 0 Å². The Morgan fingerprint density at radius 2 is 1.65 bits per heavy atom. The van der Waals surface area contributed by atoms with Crippen LogP contribution in [0.25, 0.3) is 0 Å². The van der Waals surface area contributed by atoms with Crippen molar-refractivity contribution in [1.29, 1.82) is 0 Å². The third-order valence-electron chi connectivity index (χ3n) is 4.50. The third kappa shape index (κ3) is 4.15. The van der Waals surface area contributed by atoms with Crippen molar-refractivity contribution in [3.63, 3.8) is 0 Å². The molecule has 0 aliphatic heterocycles. The van der Waals surface area contributed by atoms with E-state index in [1.807, 2.05) is 0 Å². The Morgan fingerprint density at radius 1 is 1.12 bits per heavy atom. The van der Waals surface area contributed by atoms with E-state index in [0.29, 0.717) is 5.92 Å². The molecule has 1 atom stereocenters. The summed E-state index contributed by atoms with van der Waals surface area (Å²) in [6.07, 6.45) is 5.80. The van der Waals surface area contributed by atoms with Crippen molar-refractivity contribution in [2.45, 2.75) is 77.1 Å². The molecular formula is C15H28OSi. The van der Waals surface area contributed by atoms with Gasteiger partial charge in [-0.1, -0.05) is 59.0 Å². The summed E-state index contributed by atoms with van der Waals surface area (Å²) in [5.41, 5.74) is 3.43. The number of hydrogen-bond donors (Lipinski definition) is 1. The molecule has 2 heteroatoms. The molecule has 98 valence electrons. The molecule has 1 aliphatic carbocycles. The molecule has 0 heterocycles. The minimum Gasteiger partial charge on any atom is -0.380 e. The highest BCUT2D eigenvalue weighted by molar-refractivity contribution is 6.87. The molecule has 1 N–H and O–H groups in total. The first-order valence-electron chi connectivity index (χ1n) is 6.95. The first kappa shape index (κ1) is 14.8. The number of aliphatic hydroxyl groups is 1. The normalized spacial score (nSPS) is 20.6. The average molecular weight is 252 g/mol. The molecule has 1 fully saturated rings. The van der Waals surface area contributed by atoms with Crippen LogP contribution in [-0.4, -0.2) is 19.3 Å². The summed E-state index contributed by atoms with van der Waals surface area (Å²) >= 11 is 0. The van der Waals surface area contributed by atoms with E-state index in [1.54, 1.807) is 0 Å². The molecule has 0 bridgehead atoms. The quantitative estimate of drug-likeness (QED) is 0.553. The van der Waals surface area contributed by atoms with Gasteiger partial charge in [-0.2, -0.15) is 0 Å². The SMILES string of the molecule is CC(C)(C)[Si](C)(C)C#CC(O)C1CCCCC1. The lowest BCUT2D eigenvalue weighted by atomic mass is 9.85. The van der Waals surface area contributed by atoms with Gasteiger partial charge < -0.3 is 5.11 Å². The van der Waals surface area contributed by atoms with Crippen LogP contribution < -0.4 is 0 Å². The second-order valence-electron chi connectivity index (χ2n) is 6.99. The topological polar surface area (TPSA) is 20.2 Å². The van der Waals surface area contributed by atoms with E-state index in [4.69, 9.17) is 0 Å². The van der Waals surface area contributed by atoms with Crippen molar-refractivity contribution in [3.8, 4) is 11.5 Å². The Balaban J connectivity index is 2.64. The van der Waals surface area contributed by atoms with Gasteiger partial charge in [0.05, 0.1) is 0 Å². The van der Waals surface area contributed by atoms with Crippen molar-refractivity contribution < 1.29 is 5.11 Å². The monoisotopic (exact) mass is 252 g/mol. The lowest BCUT2D eigenvalue weighted by Crippen LogP contribution is -2.36. The van der Waals surface area contributed by atoms with Crippen LogP contribution in [0.1, 0.15) is 52.9 Å². The molecule has 1 aliphatic rings. The van der Waals surface area contributed by atoms with Gasteiger partial charge in [0.15, 0.2) is 0 Å². The van der Waals surface area contributed by atoms with E-state index >= 15 is 0 Å². The molecule has 0 saturated heterocycles. The van der Waals surface area contributed by atoms with E-state index in [1.165, 1.54) is 19.3 Å². The van der Waals surface area contributed by atoms with Crippen molar-refractivity contribution in [2.75, 3.05) is 0 Å². The van der Waals surface area contributed by atoms with Gasteiger partial charge in [0, 0.05) is 0 Å². The summed E-state index contributed by atoms with van der Waals surface area (Å²) in [5.74, 6) is 3.60. The first-order chi connectivity index (χ1) is 7.74. The number of aliphatic hydroxyl groups excluding tert-OH is 1. The standard InChI is InChI=1S/C15H28OSi/c1-15(2,3)17(4,5)12-11-14(16)13-9-7-6-8-10-13/h13-14,16H,6-10H2,1-5H3. The summed E-state index contributed by atoms with van der Waals surface area (Å²) in [7, 11) is -1.55. The van der Waals surface area contributed by atoms with Crippen LogP contribution in [0.4, 0.5) is 0 Å². The molecule has 0 aromatic rings. The highest BCUT2D eigenvalue weighted by atomic mass is 28.3. The summed E-state index contributed by atoms with van der Waals surface area (Å²) in [6.45, 7) is 11.4. The predicted octanol–water partition coefficient (Wildman–Crippen LogP) is 3.98. The second-order valence-corrected chi connectivity index (χ2v) is 12.0. The minimum atomic E-state index is -1.55. The van der Waals surface area contributed by atoms with Crippen LogP contribution in [-0.2, 0) is 0 Å². The summed E-state index contributed by atoms with van der Waals surface area (Å²) in [5, 5.41) is 10.4. The zero-order valence-corrected chi connectivity index (χ0v) is 13.1. The van der Waals surface area contributed by atoms with Gasteiger partial charge in [0.1, 0.15) is 14.2 Å². The Hall–Kier alpha value is -0.263. The average Bonchev–Trinajstić information content (AvgIpc) is 2.25. The van der Waals surface area contributed by atoms with Gasteiger partial charge in [-0.05, 0) is 23.8 Å². The Bertz CT molecular complexity index is 297. The van der Waals surface area contributed by atoms with Gasteiger partial charge >= 0.3 is 0 Å². The van der Waals surface area contributed by atoms with E-state index in [0.717, 1.165) is 12.8 Å². The summed E-state index contributed by atoms with van der Waals surface area (Å²) < 4.78 is 0. The van der Waals surface area contributed by atoms with E-state index in [-0.39, 0.29) is 11.1 Å². The molecule has 1 saturated carbocycles. The lowest BCUT2D eigenvalue weighted by molar-refractivity contribution is 0.133. The Labute approximate surface area is 108 Å². The zero-order chi connectivity index (χ0) is 13.1. The molecule has 0 aromatic heterocycles. The number of rotatable bonds is 1. The van der Waals surface area contributed by atoms with Gasteiger partial charge in [-0.3, -0.25) is 0 Å². The van der Waals surface area contributed by atoms with Crippen LogP contribution in [0.3, 0.4) is 0 Å². The van der Waals surface area contributed by atoms with Gasteiger partial charge in [-0.25, -0.2) is 0 Å². The fraction of sp³-hybridized carbons (Fsp3) is 0.867. The predicted molar refractivity (Wildman–Crippen MR) is 77.6 cm³/mol. The van der Waals surface area contributed by atoms with E-state index in [2.05, 4.69) is 45.3 Å². The fourth-order valence-electron chi connectivity index (χ4n) is 2.01. The molecule has 1 rings (SSSR count). The molecular weight excluding hydrogens is 224 g/mol. The van der Waals surface area contributed by atoms with E-state index < -0.39 is 8.07 Å². The minimum absolute atomic E-state index is 0.284. The maximum Gasteiger partial charge on any atom is 0.137 e.